The van der Waals surface area contributed by atoms with Gasteiger partial charge in [-0.3, -0.25) is 4.79 Å². The summed E-state index contributed by atoms with van der Waals surface area (Å²) in [6, 6.07) is 31.3. The Balaban J connectivity index is 1.56. The summed E-state index contributed by atoms with van der Waals surface area (Å²) >= 11 is 0. The van der Waals surface area contributed by atoms with E-state index in [9.17, 15) is 10.1 Å². The highest BCUT2D eigenvalue weighted by molar-refractivity contribution is 6.10. The van der Waals surface area contributed by atoms with Crippen molar-refractivity contribution in [3.8, 4) is 11.8 Å². The molecule has 0 bridgehead atoms. The zero-order chi connectivity index (χ0) is 23.0. The van der Waals surface area contributed by atoms with Gasteiger partial charge in [-0.1, -0.05) is 85.8 Å². The molecule has 4 rings (SSSR count). The van der Waals surface area contributed by atoms with Gasteiger partial charge in [-0.25, -0.2) is 0 Å². The Morgan fingerprint density at radius 2 is 1.61 bits per heavy atom. The molecule has 4 nitrogen and oxygen atoms in total. The first-order valence-corrected chi connectivity index (χ1v) is 10.9. The maximum absolute atomic E-state index is 12.8. The maximum Gasteiger partial charge on any atom is 0.266 e. The molecular formula is C29H24N2O2. The molecule has 1 amide bonds. The molecule has 33 heavy (non-hydrogen) atoms. The lowest BCUT2D eigenvalue weighted by atomic mass is 10.1. The van der Waals surface area contributed by atoms with Crippen LogP contribution in [-0.2, 0) is 17.8 Å². The Morgan fingerprint density at radius 1 is 0.909 bits per heavy atom. The Kier molecular flexibility index (Phi) is 6.82. The van der Waals surface area contributed by atoms with Crippen LogP contribution in [-0.4, -0.2) is 5.91 Å². The molecule has 0 radical (unpaired) electrons. The molecule has 0 aromatic heterocycles. The summed E-state index contributed by atoms with van der Waals surface area (Å²) in [5.74, 6) is 0.169. The van der Waals surface area contributed by atoms with Crippen LogP contribution < -0.4 is 10.1 Å². The van der Waals surface area contributed by atoms with Crippen molar-refractivity contribution in [2.24, 2.45) is 0 Å². The summed E-state index contributed by atoms with van der Waals surface area (Å²) in [4.78, 5) is 12.8. The number of nitriles is 1. The predicted octanol–water partition coefficient (Wildman–Crippen LogP) is 6.53. The Morgan fingerprint density at radius 3 is 2.45 bits per heavy atom. The number of nitrogens with one attached hydrogen (secondary N) is 1. The van der Waals surface area contributed by atoms with Crippen LogP contribution in [0.3, 0.4) is 0 Å². The van der Waals surface area contributed by atoms with Crippen LogP contribution in [0.2, 0.25) is 0 Å². The summed E-state index contributed by atoms with van der Waals surface area (Å²) < 4.78 is 6.13. The zero-order valence-electron chi connectivity index (χ0n) is 18.4. The summed E-state index contributed by atoms with van der Waals surface area (Å²) in [7, 11) is 0. The number of benzene rings is 4. The molecule has 0 saturated carbocycles. The number of anilines is 1. The van der Waals surface area contributed by atoms with Gasteiger partial charge in [0, 0.05) is 11.3 Å². The molecule has 0 atom stereocenters. The second-order valence-corrected chi connectivity index (χ2v) is 7.60. The summed E-state index contributed by atoms with van der Waals surface area (Å²) in [5, 5.41) is 14.8. The van der Waals surface area contributed by atoms with Crippen LogP contribution in [0.5, 0.6) is 5.75 Å². The molecule has 0 aliphatic rings. The second-order valence-electron chi connectivity index (χ2n) is 7.60. The fourth-order valence-electron chi connectivity index (χ4n) is 3.75. The fraction of sp³-hybridized carbons (Fsp3) is 0.103. The highest BCUT2D eigenvalue weighted by Crippen LogP contribution is 2.25. The van der Waals surface area contributed by atoms with E-state index in [1.807, 2.05) is 85.8 Å². The van der Waals surface area contributed by atoms with Crippen molar-refractivity contribution in [1.82, 2.24) is 0 Å². The average Bonchev–Trinajstić information content (AvgIpc) is 2.86. The highest BCUT2D eigenvalue weighted by atomic mass is 16.5. The van der Waals surface area contributed by atoms with Crippen LogP contribution in [0, 0.1) is 11.3 Å². The molecule has 0 unspecified atom stereocenters. The van der Waals surface area contributed by atoms with E-state index in [1.165, 1.54) is 0 Å². The lowest BCUT2D eigenvalue weighted by Crippen LogP contribution is -2.14. The third-order valence-corrected chi connectivity index (χ3v) is 5.49. The minimum atomic E-state index is -0.442. The molecule has 0 aliphatic heterocycles. The SMILES string of the molecule is CCc1ccccc1NC(=O)/C(C#N)=C/c1ccccc1OCc1cccc2ccccc12. The predicted molar refractivity (Wildman–Crippen MR) is 133 cm³/mol. The normalized spacial score (nSPS) is 11.1. The summed E-state index contributed by atoms with van der Waals surface area (Å²) in [6.45, 7) is 2.40. The smallest absolute Gasteiger partial charge is 0.266 e. The zero-order valence-corrected chi connectivity index (χ0v) is 18.4. The lowest BCUT2D eigenvalue weighted by Gasteiger charge is -2.12. The van der Waals surface area contributed by atoms with Crippen molar-refractivity contribution in [1.29, 1.82) is 5.26 Å². The van der Waals surface area contributed by atoms with E-state index in [-0.39, 0.29) is 5.57 Å². The molecule has 1 N–H and O–H groups in total. The minimum Gasteiger partial charge on any atom is -0.488 e. The Hall–Kier alpha value is -4.36. The van der Waals surface area contributed by atoms with Gasteiger partial charge in [0.05, 0.1) is 0 Å². The number of carbonyl (C=O) groups is 1. The maximum atomic E-state index is 12.8. The number of para-hydroxylation sites is 2. The number of hydrogen-bond acceptors (Lipinski definition) is 3. The lowest BCUT2D eigenvalue weighted by molar-refractivity contribution is -0.112. The van der Waals surface area contributed by atoms with Gasteiger partial charge in [0.2, 0.25) is 0 Å². The van der Waals surface area contributed by atoms with Gasteiger partial charge in [0.15, 0.2) is 0 Å². The second kappa shape index (κ2) is 10.3. The first-order valence-electron chi connectivity index (χ1n) is 10.9. The van der Waals surface area contributed by atoms with Crippen LogP contribution >= 0.6 is 0 Å². The summed E-state index contributed by atoms with van der Waals surface area (Å²) in [6.07, 6.45) is 2.36. The van der Waals surface area contributed by atoms with Gasteiger partial charge in [-0.05, 0) is 46.5 Å². The average molecular weight is 433 g/mol. The minimum absolute atomic E-state index is 0.0158. The van der Waals surface area contributed by atoms with Gasteiger partial charge < -0.3 is 10.1 Å². The number of amides is 1. The molecule has 0 saturated heterocycles. The van der Waals surface area contributed by atoms with Crippen LogP contribution in [0.1, 0.15) is 23.6 Å². The van der Waals surface area contributed by atoms with E-state index in [1.54, 1.807) is 6.08 Å². The molecule has 0 aliphatic carbocycles. The molecule has 0 heterocycles. The van der Waals surface area contributed by atoms with E-state index in [0.717, 1.165) is 28.3 Å². The van der Waals surface area contributed by atoms with E-state index in [0.29, 0.717) is 23.6 Å². The quantitative estimate of drug-likeness (QED) is 0.267. The van der Waals surface area contributed by atoms with Crippen molar-refractivity contribution < 1.29 is 9.53 Å². The largest absolute Gasteiger partial charge is 0.488 e. The van der Waals surface area contributed by atoms with E-state index >= 15 is 0 Å². The molecule has 4 heteroatoms. The van der Waals surface area contributed by atoms with Gasteiger partial charge in [0.1, 0.15) is 24.0 Å². The first-order chi connectivity index (χ1) is 16.2. The van der Waals surface area contributed by atoms with Crippen molar-refractivity contribution in [2.75, 3.05) is 5.32 Å². The van der Waals surface area contributed by atoms with Gasteiger partial charge >= 0.3 is 0 Å². The number of carbonyl (C=O) groups excluding carboxylic acids is 1. The number of nitrogens with zero attached hydrogens (tertiary/aromatic N) is 1. The molecular weight excluding hydrogens is 408 g/mol. The number of aryl methyl sites for hydroxylation is 1. The monoisotopic (exact) mass is 432 g/mol. The molecule has 162 valence electrons. The molecule has 4 aromatic rings. The van der Waals surface area contributed by atoms with Crippen LogP contribution in [0.15, 0.2) is 96.6 Å². The Labute approximate surface area is 193 Å². The van der Waals surface area contributed by atoms with E-state index in [4.69, 9.17) is 4.74 Å². The topological polar surface area (TPSA) is 62.1 Å². The molecule has 0 spiro atoms. The van der Waals surface area contributed by atoms with Gasteiger partial charge in [0.25, 0.3) is 5.91 Å². The number of ether oxygens (including phenoxy) is 1. The first kappa shape index (κ1) is 21.9. The number of rotatable bonds is 7. The standard InChI is InChI=1S/C29H24N2O2/c1-2-21-10-4-7-16-27(21)31-29(32)25(19-30)18-23-12-5-8-17-28(23)33-20-24-14-9-13-22-11-3-6-15-26(22)24/h3-18H,2,20H2,1H3,(H,31,32)/b25-18+. The fourth-order valence-corrected chi connectivity index (χ4v) is 3.75. The van der Waals surface area contributed by atoms with Gasteiger partial charge in [-0.2, -0.15) is 5.26 Å². The van der Waals surface area contributed by atoms with Crippen LogP contribution in [0.25, 0.3) is 16.8 Å². The third kappa shape index (κ3) is 5.11. The Bertz CT molecular complexity index is 1360. The molecule has 0 fully saturated rings. The number of hydrogen-bond donors (Lipinski definition) is 1. The van der Waals surface area contributed by atoms with Crippen molar-refractivity contribution in [2.45, 2.75) is 20.0 Å². The summed E-state index contributed by atoms with van der Waals surface area (Å²) in [5.41, 5.74) is 3.49. The van der Waals surface area contributed by atoms with Crippen molar-refractivity contribution >= 4 is 28.4 Å². The third-order valence-electron chi connectivity index (χ3n) is 5.49. The van der Waals surface area contributed by atoms with E-state index in [2.05, 4.69) is 23.5 Å². The van der Waals surface area contributed by atoms with Crippen molar-refractivity contribution in [3.63, 3.8) is 0 Å². The van der Waals surface area contributed by atoms with Crippen molar-refractivity contribution in [3.05, 3.63) is 113 Å². The highest BCUT2D eigenvalue weighted by Gasteiger charge is 2.13. The van der Waals surface area contributed by atoms with Crippen LogP contribution in [0.4, 0.5) is 5.69 Å². The van der Waals surface area contributed by atoms with Gasteiger partial charge in [-0.15, -0.1) is 0 Å². The molecule has 4 aromatic carbocycles. The van der Waals surface area contributed by atoms with E-state index < -0.39 is 5.91 Å². The number of fused-ring (bicyclic) bond motifs is 1.